The van der Waals surface area contributed by atoms with Gasteiger partial charge in [-0.25, -0.2) is 0 Å². The maximum Gasteiger partial charge on any atom is 0.229 e. The minimum absolute atomic E-state index is 0.0322. The van der Waals surface area contributed by atoms with Crippen LogP contribution in [-0.4, -0.2) is 36.3 Å². The fourth-order valence-corrected chi connectivity index (χ4v) is 2.08. The Hall–Kier alpha value is -0.900. The molecule has 2 aliphatic heterocycles. The summed E-state index contributed by atoms with van der Waals surface area (Å²) in [7, 11) is 0. The maximum atomic E-state index is 11.6. The fourth-order valence-electron chi connectivity index (χ4n) is 2.08. The van der Waals surface area contributed by atoms with Gasteiger partial charge < -0.3 is 5.32 Å². The molecule has 15 heavy (non-hydrogen) atoms. The third kappa shape index (κ3) is 2.56. The molecule has 0 unspecified atom stereocenters. The molecule has 4 heteroatoms. The zero-order chi connectivity index (χ0) is 10.7. The number of carbonyl (C=O) groups is 2. The highest BCUT2D eigenvalue weighted by Crippen LogP contribution is 2.15. The Labute approximate surface area is 90.0 Å². The van der Waals surface area contributed by atoms with Crippen molar-refractivity contribution in [2.45, 2.75) is 32.1 Å². The molecule has 0 saturated carbocycles. The maximum absolute atomic E-state index is 11.6. The Morgan fingerprint density at radius 3 is 2.20 bits per heavy atom. The first-order chi connectivity index (χ1) is 7.27. The van der Waals surface area contributed by atoms with E-state index in [4.69, 9.17) is 0 Å². The number of nitrogens with zero attached hydrogens (tertiary/aromatic N) is 1. The molecule has 0 radical (unpaired) electrons. The number of hydrogen-bond donors (Lipinski definition) is 1. The number of nitrogens with one attached hydrogen (secondary N) is 1. The molecular weight excluding hydrogens is 192 g/mol. The van der Waals surface area contributed by atoms with Crippen molar-refractivity contribution >= 4 is 11.8 Å². The van der Waals surface area contributed by atoms with Crippen LogP contribution in [-0.2, 0) is 9.59 Å². The summed E-state index contributed by atoms with van der Waals surface area (Å²) < 4.78 is 0. The molecule has 0 bridgehead atoms. The lowest BCUT2D eigenvalue weighted by atomic mass is 9.99. The van der Waals surface area contributed by atoms with E-state index in [2.05, 4.69) is 5.32 Å². The number of hydrogen-bond acceptors (Lipinski definition) is 3. The molecule has 4 nitrogen and oxygen atoms in total. The average molecular weight is 210 g/mol. The SMILES string of the molecule is O=C1CCCCC(=O)N1CCC1CNC1. The zero-order valence-corrected chi connectivity index (χ0v) is 9.00. The van der Waals surface area contributed by atoms with Crippen LogP contribution in [0.25, 0.3) is 0 Å². The first-order valence-corrected chi connectivity index (χ1v) is 5.81. The highest BCUT2D eigenvalue weighted by Gasteiger charge is 2.25. The van der Waals surface area contributed by atoms with Crippen molar-refractivity contribution in [3.63, 3.8) is 0 Å². The van der Waals surface area contributed by atoms with Crippen LogP contribution >= 0.6 is 0 Å². The van der Waals surface area contributed by atoms with Gasteiger partial charge in [-0.2, -0.15) is 0 Å². The topological polar surface area (TPSA) is 49.4 Å². The van der Waals surface area contributed by atoms with E-state index in [1.807, 2.05) is 0 Å². The van der Waals surface area contributed by atoms with Gasteiger partial charge in [0.2, 0.25) is 11.8 Å². The van der Waals surface area contributed by atoms with Crippen molar-refractivity contribution in [2.24, 2.45) is 5.92 Å². The smallest absolute Gasteiger partial charge is 0.229 e. The van der Waals surface area contributed by atoms with Crippen LogP contribution in [0.4, 0.5) is 0 Å². The van der Waals surface area contributed by atoms with Gasteiger partial charge in [0.25, 0.3) is 0 Å². The molecule has 84 valence electrons. The van der Waals surface area contributed by atoms with Gasteiger partial charge >= 0.3 is 0 Å². The first kappa shape index (κ1) is 10.6. The number of likely N-dealkylation sites (tertiary alicyclic amines) is 1. The number of imide groups is 1. The average Bonchev–Trinajstić information content (AvgIpc) is 2.29. The predicted molar refractivity (Wildman–Crippen MR) is 56.2 cm³/mol. The quantitative estimate of drug-likeness (QED) is 0.691. The van der Waals surface area contributed by atoms with Gasteiger partial charge in [-0.15, -0.1) is 0 Å². The molecule has 2 rings (SSSR count). The highest BCUT2D eigenvalue weighted by molar-refractivity contribution is 5.95. The third-order valence-corrected chi connectivity index (χ3v) is 3.26. The van der Waals surface area contributed by atoms with Crippen molar-refractivity contribution in [1.82, 2.24) is 10.2 Å². The van der Waals surface area contributed by atoms with E-state index in [9.17, 15) is 9.59 Å². The third-order valence-electron chi connectivity index (χ3n) is 3.26. The van der Waals surface area contributed by atoms with E-state index in [-0.39, 0.29) is 11.8 Å². The normalized spacial score (nSPS) is 23.9. The van der Waals surface area contributed by atoms with Crippen molar-refractivity contribution in [1.29, 1.82) is 0 Å². The first-order valence-electron chi connectivity index (χ1n) is 5.81. The summed E-state index contributed by atoms with van der Waals surface area (Å²) in [5, 5.41) is 3.20. The molecule has 0 aliphatic carbocycles. The Balaban J connectivity index is 1.85. The van der Waals surface area contributed by atoms with E-state index >= 15 is 0 Å². The van der Waals surface area contributed by atoms with Gasteiger partial charge in [-0.1, -0.05) is 0 Å². The van der Waals surface area contributed by atoms with Crippen molar-refractivity contribution in [3.8, 4) is 0 Å². The van der Waals surface area contributed by atoms with Gasteiger partial charge in [-0.05, 0) is 38.3 Å². The van der Waals surface area contributed by atoms with Crippen molar-refractivity contribution in [2.75, 3.05) is 19.6 Å². The van der Waals surface area contributed by atoms with Gasteiger partial charge in [0.05, 0.1) is 0 Å². The fraction of sp³-hybridized carbons (Fsp3) is 0.818. The Morgan fingerprint density at radius 1 is 1.13 bits per heavy atom. The summed E-state index contributed by atoms with van der Waals surface area (Å²) in [6.45, 7) is 2.70. The standard InChI is InChI=1S/C11H18N2O2/c14-10-3-1-2-4-11(15)13(10)6-5-9-7-12-8-9/h9,12H,1-8H2. The monoisotopic (exact) mass is 210 g/mol. The Kier molecular flexibility index (Phi) is 3.36. The largest absolute Gasteiger partial charge is 0.316 e. The molecule has 2 amide bonds. The second-order valence-corrected chi connectivity index (χ2v) is 4.46. The molecule has 2 heterocycles. The van der Waals surface area contributed by atoms with Gasteiger partial charge in [0.15, 0.2) is 0 Å². The molecule has 0 aromatic heterocycles. The summed E-state index contributed by atoms with van der Waals surface area (Å²) in [5.41, 5.74) is 0. The van der Waals surface area contributed by atoms with Crippen LogP contribution in [0, 0.1) is 5.92 Å². The summed E-state index contributed by atoms with van der Waals surface area (Å²) in [6, 6.07) is 0. The van der Waals surface area contributed by atoms with Crippen LogP contribution in [0.3, 0.4) is 0 Å². The van der Waals surface area contributed by atoms with Gasteiger partial charge in [0, 0.05) is 19.4 Å². The molecule has 0 aromatic rings. The second-order valence-electron chi connectivity index (χ2n) is 4.46. The minimum atomic E-state index is 0.0322. The molecule has 0 atom stereocenters. The number of carbonyl (C=O) groups excluding carboxylic acids is 2. The molecule has 2 saturated heterocycles. The van der Waals surface area contributed by atoms with Crippen LogP contribution in [0.15, 0.2) is 0 Å². The van der Waals surface area contributed by atoms with Crippen LogP contribution in [0.2, 0.25) is 0 Å². The molecule has 2 fully saturated rings. The summed E-state index contributed by atoms with van der Waals surface area (Å²) >= 11 is 0. The van der Waals surface area contributed by atoms with Crippen LogP contribution in [0.1, 0.15) is 32.1 Å². The second kappa shape index (κ2) is 4.75. The Bertz CT molecular complexity index is 243. The number of rotatable bonds is 3. The predicted octanol–water partition coefficient (Wildman–Crippen LogP) is 0.525. The summed E-state index contributed by atoms with van der Waals surface area (Å²) in [6.07, 6.45) is 3.80. The lowest BCUT2D eigenvalue weighted by Gasteiger charge is -2.29. The Morgan fingerprint density at radius 2 is 1.73 bits per heavy atom. The van der Waals surface area contributed by atoms with Crippen molar-refractivity contribution in [3.05, 3.63) is 0 Å². The van der Waals surface area contributed by atoms with Crippen LogP contribution in [0.5, 0.6) is 0 Å². The van der Waals surface area contributed by atoms with E-state index in [0.29, 0.717) is 25.3 Å². The van der Waals surface area contributed by atoms with E-state index in [1.54, 1.807) is 0 Å². The molecular formula is C11H18N2O2. The van der Waals surface area contributed by atoms with Crippen molar-refractivity contribution < 1.29 is 9.59 Å². The van der Waals surface area contributed by atoms with E-state index in [1.165, 1.54) is 4.90 Å². The highest BCUT2D eigenvalue weighted by atomic mass is 16.2. The summed E-state index contributed by atoms with van der Waals surface area (Å²) in [4.78, 5) is 24.7. The lowest BCUT2D eigenvalue weighted by molar-refractivity contribution is -0.144. The van der Waals surface area contributed by atoms with E-state index < -0.39 is 0 Å². The minimum Gasteiger partial charge on any atom is -0.316 e. The number of amides is 2. The molecule has 1 N–H and O–H groups in total. The lowest BCUT2D eigenvalue weighted by Crippen LogP contribution is -2.45. The van der Waals surface area contributed by atoms with Gasteiger partial charge in [-0.3, -0.25) is 14.5 Å². The summed E-state index contributed by atoms with van der Waals surface area (Å²) in [5.74, 6) is 0.725. The van der Waals surface area contributed by atoms with Crippen LogP contribution < -0.4 is 5.32 Å². The molecule has 0 spiro atoms. The van der Waals surface area contributed by atoms with E-state index in [0.717, 1.165) is 32.4 Å². The molecule has 2 aliphatic rings. The molecule has 0 aromatic carbocycles. The van der Waals surface area contributed by atoms with Gasteiger partial charge in [0.1, 0.15) is 0 Å². The zero-order valence-electron chi connectivity index (χ0n) is 9.00.